The molecule has 0 aromatic heterocycles. The lowest BCUT2D eigenvalue weighted by atomic mass is 9.95. The van der Waals surface area contributed by atoms with Crippen LogP contribution in [0.25, 0.3) is 0 Å². The summed E-state index contributed by atoms with van der Waals surface area (Å²) in [7, 11) is 3.47. The molecule has 0 aliphatic carbocycles. The van der Waals surface area contributed by atoms with Gasteiger partial charge in [0, 0.05) is 25.7 Å². The Bertz CT molecular complexity index is 453. The number of anilines is 2. The minimum atomic E-state index is -0.0312. The lowest BCUT2D eigenvalue weighted by molar-refractivity contribution is 0.0827. The number of amides is 1. The minimum Gasteiger partial charge on any atom is -0.397 e. The summed E-state index contributed by atoms with van der Waals surface area (Å²) in [5.74, 6) is 0.591. The van der Waals surface area contributed by atoms with Gasteiger partial charge in [0.15, 0.2) is 0 Å². The molecule has 0 aliphatic rings. The zero-order valence-corrected chi connectivity index (χ0v) is 13.2. The van der Waals surface area contributed by atoms with Gasteiger partial charge in [-0.2, -0.15) is 0 Å². The van der Waals surface area contributed by atoms with Gasteiger partial charge in [-0.25, -0.2) is 0 Å². The molecule has 1 amide bonds. The van der Waals surface area contributed by atoms with Crippen LogP contribution in [0.2, 0.25) is 0 Å². The first-order valence-electron chi connectivity index (χ1n) is 7.28. The van der Waals surface area contributed by atoms with Crippen LogP contribution in [0, 0.1) is 5.92 Å². The molecule has 112 valence electrons. The number of nitrogens with one attached hydrogen (secondary N) is 1. The maximum Gasteiger partial charge on any atom is 0.253 e. The first kappa shape index (κ1) is 16.3. The third kappa shape index (κ3) is 3.89. The molecule has 1 unspecified atom stereocenters. The van der Waals surface area contributed by atoms with Crippen molar-refractivity contribution in [1.29, 1.82) is 0 Å². The molecule has 0 heterocycles. The van der Waals surface area contributed by atoms with E-state index in [-0.39, 0.29) is 5.91 Å². The van der Waals surface area contributed by atoms with Crippen LogP contribution in [0.3, 0.4) is 0 Å². The summed E-state index contributed by atoms with van der Waals surface area (Å²) in [4.78, 5) is 13.4. The van der Waals surface area contributed by atoms with Crippen LogP contribution in [0.5, 0.6) is 0 Å². The highest BCUT2D eigenvalue weighted by Crippen LogP contribution is 2.24. The van der Waals surface area contributed by atoms with Crippen molar-refractivity contribution in [2.45, 2.75) is 39.7 Å². The molecule has 0 fully saturated rings. The van der Waals surface area contributed by atoms with Crippen molar-refractivity contribution in [3.63, 3.8) is 0 Å². The maximum absolute atomic E-state index is 11.9. The van der Waals surface area contributed by atoms with Gasteiger partial charge in [0.2, 0.25) is 0 Å². The van der Waals surface area contributed by atoms with Gasteiger partial charge in [-0.1, -0.05) is 26.7 Å². The lowest BCUT2D eigenvalue weighted by Gasteiger charge is -2.24. The fourth-order valence-corrected chi connectivity index (χ4v) is 2.44. The Hall–Kier alpha value is -1.71. The highest BCUT2D eigenvalue weighted by molar-refractivity contribution is 5.95. The molecule has 0 saturated carbocycles. The van der Waals surface area contributed by atoms with Crippen molar-refractivity contribution >= 4 is 17.3 Å². The van der Waals surface area contributed by atoms with E-state index >= 15 is 0 Å². The Morgan fingerprint density at radius 2 is 1.90 bits per heavy atom. The van der Waals surface area contributed by atoms with E-state index in [1.165, 1.54) is 0 Å². The number of nitrogens with zero attached hydrogens (tertiary/aromatic N) is 1. The first-order valence-corrected chi connectivity index (χ1v) is 7.28. The van der Waals surface area contributed by atoms with Gasteiger partial charge in [-0.3, -0.25) is 4.79 Å². The van der Waals surface area contributed by atoms with Crippen molar-refractivity contribution in [3.05, 3.63) is 23.8 Å². The van der Waals surface area contributed by atoms with Gasteiger partial charge >= 0.3 is 0 Å². The molecule has 1 aromatic carbocycles. The molecule has 1 rings (SSSR count). The zero-order valence-electron chi connectivity index (χ0n) is 13.2. The summed E-state index contributed by atoms with van der Waals surface area (Å²) in [5, 5.41) is 3.46. The topological polar surface area (TPSA) is 58.4 Å². The predicted octanol–water partition coefficient (Wildman–Crippen LogP) is 3.21. The number of carbonyl (C=O) groups excluding carboxylic acids is 1. The highest BCUT2D eigenvalue weighted by atomic mass is 16.2. The van der Waals surface area contributed by atoms with E-state index in [4.69, 9.17) is 5.73 Å². The molecule has 1 aromatic rings. The number of hydrogen-bond acceptors (Lipinski definition) is 3. The van der Waals surface area contributed by atoms with E-state index in [9.17, 15) is 4.79 Å². The summed E-state index contributed by atoms with van der Waals surface area (Å²) in [6, 6.07) is 5.82. The second-order valence-electron chi connectivity index (χ2n) is 5.51. The van der Waals surface area contributed by atoms with E-state index in [0.717, 1.165) is 18.5 Å². The van der Waals surface area contributed by atoms with Crippen LogP contribution in [-0.2, 0) is 0 Å². The highest BCUT2D eigenvalue weighted by Gasteiger charge is 2.15. The van der Waals surface area contributed by atoms with Gasteiger partial charge in [-0.15, -0.1) is 0 Å². The van der Waals surface area contributed by atoms with E-state index in [1.54, 1.807) is 25.1 Å². The number of carbonyl (C=O) groups is 1. The standard InChI is InChI=1S/C16H27N3O/c1-6-12(7-2)11(3)18-15-9-8-13(10-14(15)17)16(20)19(4)5/h8-12,18H,6-7,17H2,1-5H3. The smallest absolute Gasteiger partial charge is 0.253 e. The van der Waals surface area contributed by atoms with Crippen molar-refractivity contribution in [2.24, 2.45) is 5.92 Å². The van der Waals surface area contributed by atoms with Gasteiger partial charge in [0.1, 0.15) is 0 Å². The fourth-order valence-electron chi connectivity index (χ4n) is 2.44. The molecule has 4 nitrogen and oxygen atoms in total. The number of nitrogen functional groups attached to an aromatic ring is 1. The Morgan fingerprint density at radius 3 is 2.35 bits per heavy atom. The van der Waals surface area contributed by atoms with Crippen LogP contribution in [0.1, 0.15) is 44.0 Å². The molecule has 0 aliphatic heterocycles. The molecule has 3 N–H and O–H groups in total. The van der Waals surface area contributed by atoms with E-state index in [0.29, 0.717) is 23.2 Å². The van der Waals surface area contributed by atoms with Crippen LogP contribution in [0.4, 0.5) is 11.4 Å². The molecular formula is C16H27N3O. The molecule has 4 heteroatoms. The second-order valence-corrected chi connectivity index (χ2v) is 5.51. The molecule has 0 bridgehead atoms. The van der Waals surface area contributed by atoms with Gasteiger partial charge < -0.3 is 16.0 Å². The fraction of sp³-hybridized carbons (Fsp3) is 0.562. The van der Waals surface area contributed by atoms with E-state index in [2.05, 4.69) is 26.1 Å². The van der Waals surface area contributed by atoms with Crippen molar-refractivity contribution in [2.75, 3.05) is 25.1 Å². The minimum absolute atomic E-state index is 0.0312. The SMILES string of the molecule is CCC(CC)C(C)Nc1ccc(C(=O)N(C)C)cc1N. The average molecular weight is 277 g/mol. The van der Waals surface area contributed by atoms with Crippen molar-refractivity contribution in [1.82, 2.24) is 4.90 Å². The maximum atomic E-state index is 11.9. The molecular weight excluding hydrogens is 250 g/mol. The molecule has 0 radical (unpaired) electrons. The van der Waals surface area contributed by atoms with Crippen LogP contribution < -0.4 is 11.1 Å². The van der Waals surface area contributed by atoms with Crippen molar-refractivity contribution in [3.8, 4) is 0 Å². The third-order valence-corrected chi connectivity index (χ3v) is 3.84. The van der Waals surface area contributed by atoms with Gasteiger partial charge in [-0.05, 0) is 31.0 Å². The number of nitrogens with two attached hydrogens (primary N) is 1. The number of hydrogen-bond donors (Lipinski definition) is 2. The van der Waals surface area contributed by atoms with Gasteiger partial charge in [0.25, 0.3) is 5.91 Å². The summed E-state index contributed by atoms with van der Waals surface area (Å²) in [6.45, 7) is 6.58. The number of benzene rings is 1. The third-order valence-electron chi connectivity index (χ3n) is 3.84. The van der Waals surface area contributed by atoms with Crippen molar-refractivity contribution < 1.29 is 4.79 Å². The quantitative estimate of drug-likeness (QED) is 0.785. The van der Waals surface area contributed by atoms with E-state index < -0.39 is 0 Å². The second kappa shape index (κ2) is 7.17. The summed E-state index contributed by atoms with van der Waals surface area (Å²) < 4.78 is 0. The van der Waals surface area contributed by atoms with Crippen LogP contribution in [-0.4, -0.2) is 30.9 Å². The molecule has 0 spiro atoms. The molecule has 20 heavy (non-hydrogen) atoms. The monoisotopic (exact) mass is 277 g/mol. The lowest BCUT2D eigenvalue weighted by Crippen LogP contribution is -2.26. The Kier molecular flexibility index (Phi) is 5.86. The average Bonchev–Trinajstić information content (AvgIpc) is 2.41. The van der Waals surface area contributed by atoms with Gasteiger partial charge in [0.05, 0.1) is 11.4 Å². The molecule has 1 atom stereocenters. The Labute approximate surface area is 122 Å². The first-order chi connectivity index (χ1) is 9.40. The predicted molar refractivity (Wildman–Crippen MR) is 86.0 cm³/mol. The summed E-state index contributed by atoms with van der Waals surface area (Å²) in [6.07, 6.45) is 2.28. The van der Waals surface area contributed by atoms with Crippen LogP contribution >= 0.6 is 0 Å². The Morgan fingerprint density at radius 1 is 1.30 bits per heavy atom. The summed E-state index contributed by atoms with van der Waals surface area (Å²) in [5.41, 5.74) is 8.20. The van der Waals surface area contributed by atoms with E-state index in [1.807, 2.05) is 12.1 Å². The van der Waals surface area contributed by atoms with Crippen LogP contribution in [0.15, 0.2) is 18.2 Å². The number of rotatable bonds is 6. The largest absolute Gasteiger partial charge is 0.397 e. The molecule has 0 saturated heterocycles. The Balaban J connectivity index is 2.86. The normalized spacial score (nSPS) is 12.3. The zero-order chi connectivity index (χ0) is 15.3. The summed E-state index contributed by atoms with van der Waals surface area (Å²) >= 11 is 0.